The molecule has 0 spiro atoms. The minimum Gasteiger partial charge on any atom is -0.354 e. The largest absolute Gasteiger partial charge is 0.354 e. The number of amides is 1. The van der Waals surface area contributed by atoms with E-state index in [9.17, 15) is 4.79 Å². The van der Waals surface area contributed by atoms with Gasteiger partial charge in [0.2, 0.25) is 5.91 Å². The summed E-state index contributed by atoms with van der Waals surface area (Å²) in [5, 5.41) is 7.50. The third-order valence-corrected chi connectivity index (χ3v) is 3.87. The number of rotatable bonds is 4. The maximum absolute atomic E-state index is 11.0. The van der Waals surface area contributed by atoms with E-state index in [2.05, 4.69) is 27.2 Å². The number of aromatic nitrogens is 4. The van der Waals surface area contributed by atoms with Crippen molar-refractivity contribution in [2.45, 2.75) is 25.8 Å². The van der Waals surface area contributed by atoms with Crippen LogP contribution in [-0.2, 0) is 11.3 Å². The molecule has 1 aliphatic heterocycles. The number of carbonyl (C=O) groups is 1. The van der Waals surface area contributed by atoms with Crippen LogP contribution in [0.15, 0.2) is 12.4 Å². The quantitative estimate of drug-likeness (QED) is 0.880. The molecule has 2 aromatic rings. The molecule has 0 radical (unpaired) electrons. The van der Waals surface area contributed by atoms with Crippen LogP contribution in [0, 0.1) is 0 Å². The summed E-state index contributed by atoms with van der Waals surface area (Å²) in [4.78, 5) is 22.1. The third kappa shape index (κ3) is 2.87. The zero-order valence-corrected chi connectivity index (χ0v) is 12.4. The first-order chi connectivity index (χ1) is 10.1. The van der Waals surface area contributed by atoms with Gasteiger partial charge in [0.25, 0.3) is 0 Å². The molecule has 7 heteroatoms. The lowest BCUT2D eigenvalue weighted by atomic mass is 10.0. The van der Waals surface area contributed by atoms with Crippen molar-refractivity contribution < 1.29 is 4.79 Å². The zero-order valence-electron chi connectivity index (χ0n) is 12.4. The van der Waals surface area contributed by atoms with Gasteiger partial charge in [0.15, 0.2) is 5.65 Å². The maximum Gasteiger partial charge on any atom is 0.216 e. The summed E-state index contributed by atoms with van der Waals surface area (Å²) in [5.74, 6) is 0.381. The Bertz CT molecular complexity index is 652. The van der Waals surface area contributed by atoms with E-state index in [-0.39, 0.29) is 5.91 Å². The number of hydrogen-bond donors (Lipinski definition) is 1. The van der Waals surface area contributed by atoms with E-state index >= 15 is 0 Å². The van der Waals surface area contributed by atoms with E-state index in [1.807, 2.05) is 4.68 Å². The zero-order chi connectivity index (χ0) is 14.8. The molecule has 0 aliphatic carbocycles. The van der Waals surface area contributed by atoms with Gasteiger partial charge in [-0.2, -0.15) is 5.10 Å². The minimum atomic E-state index is -0.0322. The molecule has 1 aliphatic rings. The smallest absolute Gasteiger partial charge is 0.216 e. The van der Waals surface area contributed by atoms with E-state index in [4.69, 9.17) is 5.10 Å². The molecular weight excluding hydrogens is 268 g/mol. The predicted octanol–water partition coefficient (Wildman–Crippen LogP) is 0.382. The fraction of sp³-hybridized carbons (Fsp3) is 0.571. The van der Waals surface area contributed by atoms with Gasteiger partial charge in [-0.1, -0.05) is 0 Å². The number of carbonyl (C=O) groups excluding carboxylic acids is 1. The highest BCUT2D eigenvalue weighted by Crippen LogP contribution is 2.29. The molecule has 112 valence electrons. The summed E-state index contributed by atoms with van der Waals surface area (Å²) >= 11 is 0. The number of hydrogen-bond acceptors (Lipinski definition) is 5. The van der Waals surface area contributed by atoms with Crippen molar-refractivity contribution in [2.75, 3.05) is 26.7 Å². The molecule has 1 N–H and O–H groups in total. The molecule has 1 fully saturated rings. The Hall–Kier alpha value is -2.02. The summed E-state index contributed by atoms with van der Waals surface area (Å²) in [7, 11) is 2.13. The molecule has 0 aromatic carbocycles. The standard InChI is InChI=1S/C14H20N6O/c1-10(21)15-6-8-20-14-13(16-4-5-17-14)12(18-20)11-3-7-19(2)9-11/h4-5,11H,3,6-9H2,1-2H3,(H,15,21). The van der Waals surface area contributed by atoms with E-state index in [0.29, 0.717) is 19.0 Å². The molecule has 7 nitrogen and oxygen atoms in total. The first-order valence-corrected chi connectivity index (χ1v) is 7.25. The summed E-state index contributed by atoms with van der Waals surface area (Å²) < 4.78 is 1.85. The number of likely N-dealkylation sites (tertiary alicyclic amines) is 1. The van der Waals surface area contributed by atoms with Crippen LogP contribution in [-0.4, -0.2) is 57.2 Å². The van der Waals surface area contributed by atoms with E-state index < -0.39 is 0 Å². The second-order valence-electron chi connectivity index (χ2n) is 5.57. The fourth-order valence-electron chi connectivity index (χ4n) is 2.85. The summed E-state index contributed by atoms with van der Waals surface area (Å²) in [6.07, 6.45) is 4.50. The molecule has 21 heavy (non-hydrogen) atoms. The van der Waals surface area contributed by atoms with Crippen LogP contribution in [0.2, 0.25) is 0 Å². The molecule has 1 saturated heterocycles. The fourth-order valence-corrected chi connectivity index (χ4v) is 2.85. The van der Waals surface area contributed by atoms with Crippen LogP contribution in [0.5, 0.6) is 0 Å². The van der Waals surface area contributed by atoms with Crippen molar-refractivity contribution in [3.05, 3.63) is 18.1 Å². The highest BCUT2D eigenvalue weighted by Gasteiger charge is 2.27. The topological polar surface area (TPSA) is 75.9 Å². The Morgan fingerprint density at radius 2 is 2.24 bits per heavy atom. The Morgan fingerprint density at radius 1 is 1.43 bits per heavy atom. The molecule has 1 atom stereocenters. The van der Waals surface area contributed by atoms with E-state index in [1.165, 1.54) is 6.92 Å². The summed E-state index contributed by atoms with van der Waals surface area (Å²) in [6.45, 7) is 4.77. The summed E-state index contributed by atoms with van der Waals surface area (Å²) in [5.41, 5.74) is 2.72. The van der Waals surface area contributed by atoms with Crippen molar-refractivity contribution in [1.82, 2.24) is 30.0 Å². The van der Waals surface area contributed by atoms with E-state index in [1.54, 1.807) is 12.4 Å². The van der Waals surface area contributed by atoms with Crippen LogP contribution in [0.3, 0.4) is 0 Å². The number of nitrogens with zero attached hydrogens (tertiary/aromatic N) is 5. The lowest BCUT2D eigenvalue weighted by Gasteiger charge is -2.07. The van der Waals surface area contributed by atoms with Gasteiger partial charge in [0.1, 0.15) is 5.52 Å². The van der Waals surface area contributed by atoms with Crippen molar-refractivity contribution >= 4 is 17.1 Å². The van der Waals surface area contributed by atoms with Gasteiger partial charge in [-0.3, -0.25) is 4.79 Å². The number of likely N-dealkylation sites (N-methyl/N-ethyl adjacent to an activating group) is 1. The first-order valence-electron chi connectivity index (χ1n) is 7.25. The second-order valence-corrected chi connectivity index (χ2v) is 5.57. The molecule has 1 amide bonds. The normalized spacial score (nSPS) is 19.2. The van der Waals surface area contributed by atoms with E-state index in [0.717, 1.165) is 36.4 Å². The Morgan fingerprint density at radius 3 is 2.95 bits per heavy atom. The molecule has 0 bridgehead atoms. The second kappa shape index (κ2) is 5.77. The van der Waals surface area contributed by atoms with Gasteiger partial charge in [0.05, 0.1) is 12.2 Å². The Kier molecular flexibility index (Phi) is 3.83. The van der Waals surface area contributed by atoms with Crippen molar-refractivity contribution in [3.8, 4) is 0 Å². The van der Waals surface area contributed by atoms with Crippen LogP contribution >= 0.6 is 0 Å². The predicted molar refractivity (Wildman–Crippen MR) is 78.9 cm³/mol. The molecule has 3 heterocycles. The molecule has 3 rings (SSSR count). The van der Waals surface area contributed by atoms with Crippen LogP contribution in [0.1, 0.15) is 25.0 Å². The average molecular weight is 288 g/mol. The SMILES string of the molecule is CC(=O)NCCn1nc(C2CCN(C)C2)c2nccnc21. The van der Waals surface area contributed by atoms with Gasteiger partial charge in [0, 0.05) is 38.3 Å². The van der Waals surface area contributed by atoms with Crippen LogP contribution in [0.4, 0.5) is 0 Å². The average Bonchev–Trinajstić information content (AvgIpc) is 3.03. The maximum atomic E-state index is 11.0. The lowest BCUT2D eigenvalue weighted by molar-refractivity contribution is -0.118. The van der Waals surface area contributed by atoms with Crippen molar-refractivity contribution in [2.24, 2.45) is 0 Å². The van der Waals surface area contributed by atoms with Crippen LogP contribution in [0.25, 0.3) is 11.2 Å². The highest BCUT2D eigenvalue weighted by atomic mass is 16.1. The molecule has 1 unspecified atom stereocenters. The summed E-state index contributed by atoms with van der Waals surface area (Å²) in [6, 6.07) is 0. The van der Waals surface area contributed by atoms with Gasteiger partial charge < -0.3 is 10.2 Å². The lowest BCUT2D eigenvalue weighted by Crippen LogP contribution is -2.25. The minimum absolute atomic E-state index is 0.0322. The number of fused-ring (bicyclic) bond motifs is 1. The van der Waals surface area contributed by atoms with Crippen LogP contribution < -0.4 is 5.32 Å². The first kappa shape index (κ1) is 13.9. The van der Waals surface area contributed by atoms with Crippen molar-refractivity contribution in [3.63, 3.8) is 0 Å². The monoisotopic (exact) mass is 288 g/mol. The molecular formula is C14H20N6O. The van der Waals surface area contributed by atoms with Gasteiger partial charge in [-0.15, -0.1) is 0 Å². The molecule has 2 aromatic heterocycles. The third-order valence-electron chi connectivity index (χ3n) is 3.87. The number of nitrogens with one attached hydrogen (secondary N) is 1. The van der Waals surface area contributed by atoms with Gasteiger partial charge >= 0.3 is 0 Å². The Balaban J connectivity index is 1.88. The molecule has 0 saturated carbocycles. The van der Waals surface area contributed by atoms with Crippen molar-refractivity contribution in [1.29, 1.82) is 0 Å². The van der Waals surface area contributed by atoms with Gasteiger partial charge in [-0.05, 0) is 20.0 Å². The Labute approximate surface area is 123 Å². The highest BCUT2D eigenvalue weighted by molar-refractivity contribution is 5.74. The van der Waals surface area contributed by atoms with Gasteiger partial charge in [-0.25, -0.2) is 14.6 Å².